The Morgan fingerprint density at radius 2 is 1.65 bits per heavy atom. The number of likely N-dealkylation sites (tertiary alicyclic amines) is 1. The van der Waals surface area contributed by atoms with Crippen molar-refractivity contribution in [2.24, 2.45) is 0 Å². The molecule has 5 nitrogen and oxygen atoms in total. The number of hydrogen-bond donors (Lipinski definition) is 0. The quantitative estimate of drug-likeness (QED) is 0.328. The molecular formula is C25H31NO4S. The molecule has 0 atom stereocenters. The van der Waals surface area contributed by atoms with E-state index in [1.54, 1.807) is 24.3 Å². The van der Waals surface area contributed by atoms with Gasteiger partial charge >= 0.3 is 0 Å². The molecule has 0 unspecified atom stereocenters. The van der Waals surface area contributed by atoms with Crippen molar-refractivity contribution in [2.45, 2.75) is 43.9 Å². The average molecular weight is 442 g/mol. The topological polar surface area (TPSA) is 55.8 Å². The summed E-state index contributed by atoms with van der Waals surface area (Å²) in [6, 6.07) is 14.3. The minimum absolute atomic E-state index is 0.0292. The van der Waals surface area contributed by atoms with Crippen LogP contribution in [0.15, 0.2) is 53.4 Å². The van der Waals surface area contributed by atoms with Gasteiger partial charge in [-0.15, -0.1) is 0 Å². The minimum Gasteiger partial charge on any atom is -0.494 e. The van der Waals surface area contributed by atoms with Crippen LogP contribution in [-0.2, 0) is 14.3 Å². The van der Waals surface area contributed by atoms with Crippen LogP contribution in [0, 0.1) is 18.8 Å². The zero-order valence-electron chi connectivity index (χ0n) is 18.2. The molecule has 1 fully saturated rings. The summed E-state index contributed by atoms with van der Waals surface area (Å²) in [7, 11) is -3.73. The second kappa shape index (κ2) is 11.9. The van der Waals surface area contributed by atoms with Crippen molar-refractivity contribution in [3.8, 4) is 17.6 Å². The molecule has 0 aliphatic carbocycles. The van der Waals surface area contributed by atoms with Crippen molar-refractivity contribution in [3.63, 3.8) is 0 Å². The first-order chi connectivity index (χ1) is 15.0. The lowest BCUT2D eigenvalue weighted by molar-refractivity contribution is 0.205. The van der Waals surface area contributed by atoms with Gasteiger partial charge in [-0.1, -0.05) is 36.0 Å². The summed E-state index contributed by atoms with van der Waals surface area (Å²) in [6.07, 6.45) is 5.37. The maximum absolute atomic E-state index is 12.1. The zero-order chi connectivity index (χ0) is 21.9. The van der Waals surface area contributed by atoms with Gasteiger partial charge in [0.2, 0.25) is 0 Å². The predicted octanol–water partition coefficient (Wildman–Crippen LogP) is 4.40. The zero-order valence-corrected chi connectivity index (χ0v) is 19.0. The number of nitrogens with zero attached hydrogens (tertiary/aromatic N) is 1. The third-order valence-corrected chi connectivity index (χ3v) is 6.52. The molecule has 1 saturated heterocycles. The van der Waals surface area contributed by atoms with Gasteiger partial charge in [-0.3, -0.25) is 4.18 Å². The van der Waals surface area contributed by atoms with Gasteiger partial charge in [0.25, 0.3) is 10.1 Å². The maximum Gasteiger partial charge on any atom is 0.297 e. The average Bonchev–Trinajstić information content (AvgIpc) is 2.78. The molecular weight excluding hydrogens is 410 g/mol. The fourth-order valence-corrected chi connectivity index (χ4v) is 4.34. The molecule has 1 aliphatic heterocycles. The first-order valence-corrected chi connectivity index (χ1v) is 12.3. The standard InChI is InChI=1S/C25H31NO4S/c1-22-9-15-25(16-10-22)31(27,28)30-21-6-3-8-23-11-13-24(14-12-23)29-20-7-19-26-17-4-2-5-18-26/h9-16H,2,4-7,17-21H2,1H3. The third-order valence-electron chi connectivity index (χ3n) is 5.20. The van der Waals surface area contributed by atoms with Crippen molar-refractivity contribution >= 4 is 10.1 Å². The summed E-state index contributed by atoms with van der Waals surface area (Å²) in [5.41, 5.74) is 1.86. The van der Waals surface area contributed by atoms with Crippen LogP contribution in [0.25, 0.3) is 0 Å². The van der Waals surface area contributed by atoms with Crippen LogP contribution in [0.1, 0.15) is 43.2 Å². The molecule has 31 heavy (non-hydrogen) atoms. The van der Waals surface area contributed by atoms with E-state index in [4.69, 9.17) is 8.92 Å². The predicted molar refractivity (Wildman–Crippen MR) is 123 cm³/mol. The Morgan fingerprint density at radius 3 is 2.35 bits per heavy atom. The number of aryl methyl sites for hydroxylation is 1. The number of rotatable bonds is 9. The molecule has 0 spiro atoms. The van der Waals surface area contributed by atoms with Crippen LogP contribution in [-0.4, -0.2) is 46.2 Å². The fourth-order valence-electron chi connectivity index (χ4n) is 3.44. The van der Waals surface area contributed by atoms with Gasteiger partial charge in [0.15, 0.2) is 0 Å². The van der Waals surface area contributed by atoms with E-state index in [0.717, 1.165) is 29.8 Å². The molecule has 6 heteroatoms. The van der Waals surface area contributed by atoms with Crippen LogP contribution < -0.4 is 4.74 Å². The van der Waals surface area contributed by atoms with Crippen LogP contribution in [0.2, 0.25) is 0 Å². The van der Waals surface area contributed by atoms with Crippen LogP contribution in [0.3, 0.4) is 0 Å². The van der Waals surface area contributed by atoms with Crippen LogP contribution in [0.5, 0.6) is 5.75 Å². The molecule has 166 valence electrons. The maximum atomic E-state index is 12.1. The fraction of sp³-hybridized carbons (Fsp3) is 0.440. The summed E-state index contributed by atoms with van der Waals surface area (Å²) < 4.78 is 35.1. The third kappa shape index (κ3) is 8.02. The molecule has 2 aromatic carbocycles. The Bertz CT molecular complexity index is 967. The van der Waals surface area contributed by atoms with E-state index in [0.29, 0.717) is 13.0 Å². The Labute approximate surface area is 186 Å². The highest BCUT2D eigenvalue weighted by Gasteiger charge is 2.14. The van der Waals surface area contributed by atoms with E-state index in [2.05, 4.69) is 16.7 Å². The molecule has 0 saturated carbocycles. The van der Waals surface area contributed by atoms with Crippen molar-refractivity contribution in [3.05, 3.63) is 59.7 Å². The first-order valence-electron chi connectivity index (χ1n) is 10.9. The second-order valence-corrected chi connectivity index (χ2v) is 9.38. The monoisotopic (exact) mass is 441 g/mol. The number of ether oxygens (including phenoxy) is 1. The lowest BCUT2D eigenvalue weighted by atomic mass is 10.1. The summed E-state index contributed by atoms with van der Waals surface area (Å²) in [6.45, 7) is 6.19. The minimum atomic E-state index is -3.73. The summed E-state index contributed by atoms with van der Waals surface area (Å²) in [4.78, 5) is 2.68. The van der Waals surface area contributed by atoms with E-state index < -0.39 is 10.1 Å². The summed E-state index contributed by atoms with van der Waals surface area (Å²) >= 11 is 0. The SMILES string of the molecule is Cc1ccc(S(=O)(=O)OCCC#Cc2ccc(OCCCN3CCCCC3)cc2)cc1. The van der Waals surface area contributed by atoms with Gasteiger partial charge in [-0.05, 0) is 75.7 Å². The smallest absolute Gasteiger partial charge is 0.297 e. The lowest BCUT2D eigenvalue weighted by Crippen LogP contribution is -2.31. The molecule has 2 aromatic rings. The van der Waals surface area contributed by atoms with E-state index in [9.17, 15) is 8.42 Å². The molecule has 1 heterocycles. The largest absolute Gasteiger partial charge is 0.494 e. The molecule has 0 amide bonds. The Morgan fingerprint density at radius 1 is 0.935 bits per heavy atom. The highest BCUT2D eigenvalue weighted by Crippen LogP contribution is 2.14. The van der Waals surface area contributed by atoms with Crippen molar-refractivity contribution in [1.82, 2.24) is 4.90 Å². The second-order valence-electron chi connectivity index (χ2n) is 7.77. The lowest BCUT2D eigenvalue weighted by Gasteiger charge is -2.26. The molecule has 1 aliphatic rings. The van der Waals surface area contributed by atoms with Gasteiger partial charge < -0.3 is 9.64 Å². The molecule has 0 aromatic heterocycles. The van der Waals surface area contributed by atoms with Crippen LogP contribution in [0.4, 0.5) is 0 Å². The van der Waals surface area contributed by atoms with E-state index in [1.165, 1.54) is 32.4 Å². The van der Waals surface area contributed by atoms with Gasteiger partial charge in [-0.2, -0.15) is 8.42 Å². The van der Waals surface area contributed by atoms with E-state index in [1.807, 2.05) is 31.2 Å². The van der Waals surface area contributed by atoms with E-state index in [-0.39, 0.29) is 11.5 Å². The van der Waals surface area contributed by atoms with Crippen molar-refractivity contribution < 1.29 is 17.3 Å². The van der Waals surface area contributed by atoms with Gasteiger partial charge in [0, 0.05) is 18.5 Å². The van der Waals surface area contributed by atoms with Crippen molar-refractivity contribution in [2.75, 3.05) is 32.8 Å². The molecule has 0 radical (unpaired) electrons. The highest BCUT2D eigenvalue weighted by atomic mass is 32.2. The summed E-state index contributed by atoms with van der Waals surface area (Å²) in [5, 5.41) is 0. The van der Waals surface area contributed by atoms with E-state index >= 15 is 0 Å². The Balaban J connectivity index is 1.35. The van der Waals surface area contributed by atoms with Gasteiger partial charge in [-0.25, -0.2) is 0 Å². The Hall–Kier alpha value is -2.33. The van der Waals surface area contributed by atoms with Crippen LogP contribution >= 0.6 is 0 Å². The normalized spacial score (nSPS) is 14.6. The Kier molecular flexibility index (Phi) is 8.96. The van der Waals surface area contributed by atoms with Gasteiger partial charge in [0.05, 0.1) is 18.1 Å². The van der Waals surface area contributed by atoms with Crippen molar-refractivity contribution in [1.29, 1.82) is 0 Å². The number of hydrogen-bond acceptors (Lipinski definition) is 5. The first kappa shape index (κ1) is 23.3. The number of benzene rings is 2. The molecule has 0 bridgehead atoms. The number of piperidine rings is 1. The molecule has 0 N–H and O–H groups in total. The highest BCUT2D eigenvalue weighted by molar-refractivity contribution is 7.86. The summed E-state index contributed by atoms with van der Waals surface area (Å²) in [5.74, 6) is 6.83. The molecule has 3 rings (SSSR count). The van der Waals surface area contributed by atoms with Gasteiger partial charge in [0.1, 0.15) is 5.75 Å².